The molecular formula is C42H38N2O2P2. The van der Waals surface area contributed by atoms with E-state index in [1.54, 1.807) is 0 Å². The summed E-state index contributed by atoms with van der Waals surface area (Å²) in [6.07, 6.45) is 7.56. The predicted molar refractivity (Wildman–Crippen MR) is 205 cm³/mol. The molecule has 2 atom stereocenters. The number of para-hydroxylation sites is 1. The molecule has 0 saturated heterocycles. The minimum absolute atomic E-state index is 0.0185. The third kappa shape index (κ3) is 9.09. The number of nitrogens with one attached hydrogen (secondary N) is 1. The van der Waals surface area contributed by atoms with Crippen LogP contribution in [0.2, 0.25) is 0 Å². The molecule has 0 amide bonds. The van der Waals surface area contributed by atoms with Gasteiger partial charge in [0.15, 0.2) is 16.3 Å². The minimum atomic E-state index is -1.16. The fourth-order valence-electron chi connectivity index (χ4n) is 5.02. The summed E-state index contributed by atoms with van der Waals surface area (Å²) in [6, 6.07) is 56.8. The number of allylic oxidation sites excluding steroid dienone is 2. The van der Waals surface area contributed by atoms with Crippen LogP contribution in [0, 0.1) is 6.92 Å². The van der Waals surface area contributed by atoms with Crippen molar-refractivity contribution in [1.82, 2.24) is 5.32 Å². The molecule has 0 aliphatic carbocycles. The molecule has 3 N–H and O–H groups in total. The van der Waals surface area contributed by atoms with Crippen molar-refractivity contribution in [2.75, 3.05) is 0 Å². The molecule has 0 saturated carbocycles. The molecule has 1 aliphatic rings. The second kappa shape index (κ2) is 16.7. The van der Waals surface area contributed by atoms with Gasteiger partial charge in [-0.25, -0.2) is 0 Å². The quantitative estimate of drug-likeness (QED) is 0.152. The highest BCUT2D eigenvalue weighted by Crippen LogP contribution is 2.42. The fourth-order valence-corrected chi connectivity index (χ4v) is 8.52. The van der Waals surface area contributed by atoms with Gasteiger partial charge in [-0.2, -0.15) is 0 Å². The molecular weight excluding hydrogens is 626 g/mol. The van der Waals surface area contributed by atoms with Crippen molar-refractivity contribution in [3.8, 4) is 22.6 Å². The van der Waals surface area contributed by atoms with Gasteiger partial charge < -0.3 is 20.1 Å². The van der Waals surface area contributed by atoms with E-state index < -0.39 is 16.3 Å². The zero-order chi connectivity index (χ0) is 33.0. The molecule has 0 fully saturated rings. The van der Waals surface area contributed by atoms with Crippen LogP contribution in [-0.4, -0.2) is 6.17 Å². The average molecular weight is 665 g/mol. The summed E-state index contributed by atoms with van der Waals surface area (Å²) in [4.78, 5) is 0. The van der Waals surface area contributed by atoms with Crippen LogP contribution in [0.5, 0.6) is 11.5 Å². The molecule has 238 valence electrons. The standard InChI is InChI=1S/C37H30O2P2.C5H8N2/c1-29-22-24-30(25-23-29)31-26-33(39-40(34-16-8-3-9-17-34)35-18-10-4-11-19-35)28-37(27-31)41(36-20-12-5-13-21-36)38-32-14-6-2-7-15-32;6-5-3-1-2-4-7-5/h2-28H,1H3;1-5,7H,6H2. The number of nitrogens with two attached hydrogens (primary N) is 1. The minimum Gasteiger partial charge on any atom is -0.464 e. The molecule has 4 nitrogen and oxygen atoms in total. The number of dihydropyridines is 1. The van der Waals surface area contributed by atoms with Gasteiger partial charge in [-0.15, -0.1) is 0 Å². The Morgan fingerprint density at radius 2 is 1.00 bits per heavy atom. The van der Waals surface area contributed by atoms with E-state index in [2.05, 4.69) is 128 Å². The highest BCUT2D eigenvalue weighted by molar-refractivity contribution is 7.69. The molecule has 6 aromatic carbocycles. The Morgan fingerprint density at radius 3 is 1.48 bits per heavy atom. The molecule has 0 aromatic heterocycles. The molecule has 0 radical (unpaired) electrons. The second-order valence-electron chi connectivity index (χ2n) is 11.1. The number of benzene rings is 6. The van der Waals surface area contributed by atoms with E-state index in [4.69, 9.17) is 14.8 Å². The molecule has 2 unspecified atom stereocenters. The maximum absolute atomic E-state index is 6.97. The Bertz CT molecular complexity index is 1880. The second-order valence-corrected chi connectivity index (χ2v) is 14.7. The predicted octanol–water partition coefficient (Wildman–Crippen LogP) is 8.46. The van der Waals surface area contributed by atoms with Crippen molar-refractivity contribution in [3.05, 3.63) is 194 Å². The summed E-state index contributed by atoms with van der Waals surface area (Å²) in [5.74, 6) is 1.68. The van der Waals surface area contributed by atoms with Crippen LogP contribution in [0.1, 0.15) is 5.56 Å². The number of rotatable bonds is 9. The van der Waals surface area contributed by atoms with E-state index >= 15 is 0 Å². The van der Waals surface area contributed by atoms with Crippen molar-refractivity contribution in [3.63, 3.8) is 0 Å². The molecule has 6 heteroatoms. The zero-order valence-electron chi connectivity index (χ0n) is 26.8. The molecule has 0 bridgehead atoms. The van der Waals surface area contributed by atoms with Gasteiger partial charge in [-0.1, -0.05) is 145 Å². The first kappa shape index (κ1) is 32.9. The van der Waals surface area contributed by atoms with Crippen LogP contribution in [0.4, 0.5) is 0 Å². The smallest absolute Gasteiger partial charge is 0.150 e. The van der Waals surface area contributed by atoms with Gasteiger partial charge in [0.1, 0.15) is 11.5 Å². The van der Waals surface area contributed by atoms with Crippen LogP contribution in [-0.2, 0) is 0 Å². The van der Waals surface area contributed by atoms with Crippen molar-refractivity contribution in [1.29, 1.82) is 0 Å². The Morgan fingerprint density at radius 1 is 0.500 bits per heavy atom. The van der Waals surface area contributed by atoms with Crippen LogP contribution in [0.15, 0.2) is 188 Å². The topological polar surface area (TPSA) is 56.5 Å². The van der Waals surface area contributed by atoms with Crippen molar-refractivity contribution in [2.45, 2.75) is 13.1 Å². The van der Waals surface area contributed by atoms with Crippen molar-refractivity contribution < 1.29 is 9.05 Å². The first-order chi connectivity index (χ1) is 23.6. The third-order valence-corrected chi connectivity index (χ3v) is 11.2. The molecule has 48 heavy (non-hydrogen) atoms. The maximum atomic E-state index is 6.97. The normalized spacial score (nSPS) is 13.9. The average Bonchev–Trinajstić information content (AvgIpc) is 3.15. The van der Waals surface area contributed by atoms with Gasteiger partial charge in [-0.05, 0) is 66.7 Å². The van der Waals surface area contributed by atoms with Crippen LogP contribution in [0.3, 0.4) is 0 Å². The Hall–Kier alpha value is -4.98. The van der Waals surface area contributed by atoms with E-state index in [0.717, 1.165) is 33.2 Å². The highest BCUT2D eigenvalue weighted by atomic mass is 31.1. The van der Waals surface area contributed by atoms with Crippen LogP contribution < -0.4 is 41.3 Å². The van der Waals surface area contributed by atoms with Gasteiger partial charge in [-0.3, -0.25) is 0 Å². The summed E-state index contributed by atoms with van der Waals surface area (Å²) in [6.45, 7) is 2.12. The summed E-state index contributed by atoms with van der Waals surface area (Å²) in [5, 5.41) is 7.47. The number of hydrogen-bond donors (Lipinski definition) is 2. The SMILES string of the molecule is Cc1ccc(-c2cc(OP(c3ccccc3)c3ccccc3)cc(P(Oc3ccccc3)c3ccccc3)c2)cc1.NC1C=CC=CN1. The van der Waals surface area contributed by atoms with E-state index in [0.29, 0.717) is 0 Å². The lowest BCUT2D eigenvalue weighted by Gasteiger charge is -2.23. The number of hydrogen-bond acceptors (Lipinski definition) is 4. The van der Waals surface area contributed by atoms with Crippen molar-refractivity contribution in [2.24, 2.45) is 5.73 Å². The zero-order valence-corrected chi connectivity index (χ0v) is 28.6. The highest BCUT2D eigenvalue weighted by Gasteiger charge is 2.22. The van der Waals surface area contributed by atoms with Crippen LogP contribution >= 0.6 is 16.3 Å². The van der Waals surface area contributed by atoms with Gasteiger partial charge in [0.2, 0.25) is 0 Å². The fraction of sp³-hybridized carbons (Fsp3) is 0.0476. The lowest BCUT2D eigenvalue weighted by Crippen LogP contribution is -2.32. The lowest BCUT2D eigenvalue weighted by atomic mass is 10.0. The van der Waals surface area contributed by atoms with E-state index in [1.165, 1.54) is 16.2 Å². The van der Waals surface area contributed by atoms with E-state index in [-0.39, 0.29) is 6.17 Å². The first-order valence-electron chi connectivity index (χ1n) is 15.9. The monoisotopic (exact) mass is 664 g/mol. The van der Waals surface area contributed by atoms with Gasteiger partial charge in [0.25, 0.3) is 0 Å². The first-order valence-corrected chi connectivity index (χ1v) is 18.4. The Kier molecular flexibility index (Phi) is 11.5. The summed E-state index contributed by atoms with van der Waals surface area (Å²) in [5.41, 5.74) is 8.87. The lowest BCUT2D eigenvalue weighted by molar-refractivity contribution is 0.625. The largest absolute Gasteiger partial charge is 0.464 e. The summed E-state index contributed by atoms with van der Waals surface area (Å²) < 4.78 is 13.7. The van der Waals surface area contributed by atoms with Gasteiger partial charge >= 0.3 is 0 Å². The Balaban J connectivity index is 0.000000510. The van der Waals surface area contributed by atoms with E-state index in [9.17, 15) is 0 Å². The van der Waals surface area contributed by atoms with Gasteiger partial charge in [0, 0.05) is 21.2 Å². The molecule has 6 aromatic rings. The molecule has 0 spiro atoms. The van der Waals surface area contributed by atoms with E-state index in [1.807, 2.05) is 73.0 Å². The number of aryl methyl sites for hydroxylation is 1. The van der Waals surface area contributed by atoms with Crippen molar-refractivity contribution >= 4 is 37.5 Å². The summed E-state index contributed by atoms with van der Waals surface area (Å²) in [7, 11) is -2.24. The molecule has 7 rings (SSSR count). The molecule has 1 heterocycles. The van der Waals surface area contributed by atoms with Gasteiger partial charge in [0.05, 0.1) is 6.17 Å². The third-order valence-electron chi connectivity index (χ3n) is 7.43. The molecule has 1 aliphatic heterocycles. The maximum Gasteiger partial charge on any atom is 0.150 e. The Labute approximate surface area is 286 Å². The summed E-state index contributed by atoms with van der Waals surface area (Å²) >= 11 is 0. The van der Waals surface area contributed by atoms with Crippen LogP contribution in [0.25, 0.3) is 11.1 Å².